The first kappa shape index (κ1) is 25.1. The average molecular weight is 478 g/mol. The Morgan fingerprint density at radius 1 is 1.00 bits per heavy atom. The van der Waals surface area contributed by atoms with Crippen LogP contribution in [0.2, 0.25) is 10.0 Å². The zero-order chi connectivity index (χ0) is 23.5. The number of aliphatic hydroxyl groups excluding tert-OH is 1. The van der Waals surface area contributed by atoms with Crippen LogP contribution < -0.4 is 4.74 Å². The van der Waals surface area contributed by atoms with Crippen molar-refractivity contribution in [3.8, 4) is 16.9 Å². The summed E-state index contributed by atoms with van der Waals surface area (Å²) in [7, 11) is 0. The molecule has 0 aliphatic rings. The molecule has 0 bridgehead atoms. The summed E-state index contributed by atoms with van der Waals surface area (Å²) in [6, 6.07) is 16.9. The number of rotatable bonds is 7. The van der Waals surface area contributed by atoms with E-state index in [1.165, 1.54) is 0 Å². The van der Waals surface area contributed by atoms with Gasteiger partial charge >= 0.3 is 11.9 Å². The summed E-state index contributed by atoms with van der Waals surface area (Å²) in [5, 5.41) is 26.1. The van der Waals surface area contributed by atoms with Crippen molar-refractivity contribution in [3.63, 3.8) is 0 Å². The number of carbonyl (C=O) groups is 2. The molecule has 0 aliphatic carbocycles. The number of pyridine rings is 1. The van der Waals surface area contributed by atoms with Gasteiger partial charge in [0.1, 0.15) is 12.4 Å². The maximum atomic E-state index is 10.1. The fourth-order valence-electron chi connectivity index (χ4n) is 2.61. The van der Waals surface area contributed by atoms with Crippen LogP contribution in [0.15, 0.2) is 67.0 Å². The number of halogens is 2. The van der Waals surface area contributed by atoms with E-state index in [1.54, 1.807) is 12.3 Å². The monoisotopic (exact) mass is 477 g/mol. The second-order valence-electron chi connectivity index (χ2n) is 6.62. The van der Waals surface area contributed by atoms with Crippen LogP contribution in [-0.4, -0.2) is 45.0 Å². The van der Waals surface area contributed by atoms with Crippen molar-refractivity contribution in [1.82, 2.24) is 4.98 Å². The molecule has 32 heavy (non-hydrogen) atoms. The van der Waals surface area contributed by atoms with E-state index < -0.39 is 18.0 Å². The molecule has 168 valence electrons. The fourth-order valence-corrected chi connectivity index (χ4v) is 3.13. The van der Waals surface area contributed by atoms with Gasteiger partial charge < -0.3 is 20.1 Å². The molecule has 0 saturated heterocycles. The van der Waals surface area contributed by atoms with E-state index in [1.807, 2.05) is 54.7 Å². The third kappa shape index (κ3) is 8.55. The van der Waals surface area contributed by atoms with Gasteiger partial charge in [-0.25, -0.2) is 9.59 Å². The van der Waals surface area contributed by atoms with Crippen LogP contribution in [0, 0.1) is 0 Å². The lowest BCUT2D eigenvalue weighted by Crippen LogP contribution is -2.18. The molecular formula is C23H21Cl2NO6. The Morgan fingerprint density at radius 3 is 2.25 bits per heavy atom. The van der Waals surface area contributed by atoms with Gasteiger partial charge in [-0.2, -0.15) is 0 Å². The van der Waals surface area contributed by atoms with E-state index in [0.717, 1.165) is 23.1 Å². The zero-order valence-electron chi connectivity index (χ0n) is 16.8. The van der Waals surface area contributed by atoms with Gasteiger partial charge in [0, 0.05) is 28.0 Å². The van der Waals surface area contributed by atoms with Gasteiger partial charge in [0.15, 0.2) is 0 Å². The van der Waals surface area contributed by atoms with E-state index in [4.69, 9.17) is 47.7 Å². The van der Waals surface area contributed by atoms with Crippen molar-refractivity contribution in [2.75, 3.05) is 6.61 Å². The Hall–Kier alpha value is -3.13. The third-order valence-electron chi connectivity index (χ3n) is 4.21. The second-order valence-corrected chi connectivity index (χ2v) is 7.47. The van der Waals surface area contributed by atoms with Crippen LogP contribution in [0.3, 0.4) is 0 Å². The number of aryl methyl sites for hydroxylation is 1. The van der Waals surface area contributed by atoms with Gasteiger partial charge in [0.05, 0.1) is 6.10 Å². The van der Waals surface area contributed by atoms with Crippen LogP contribution in [0.5, 0.6) is 5.75 Å². The summed E-state index contributed by atoms with van der Waals surface area (Å²) in [4.78, 5) is 22.3. The number of hydrogen-bond donors (Lipinski definition) is 3. The molecule has 1 aromatic heterocycles. The molecule has 0 amide bonds. The van der Waals surface area contributed by atoms with E-state index in [0.29, 0.717) is 22.2 Å². The van der Waals surface area contributed by atoms with Crippen molar-refractivity contribution in [3.05, 3.63) is 82.6 Å². The molecule has 0 radical (unpaired) electrons. The summed E-state index contributed by atoms with van der Waals surface area (Å²) in [5.74, 6) is -2.94. The third-order valence-corrected chi connectivity index (χ3v) is 4.76. The highest BCUT2D eigenvalue weighted by Gasteiger charge is 2.08. The summed E-state index contributed by atoms with van der Waals surface area (Å²) in [6.45, 7) is 0.251. The molecule has 1 atom stereocenters. The van der Waals surface area contributed by atoms with Gasteiger partial charge in [0.2, 0.25) is 0 Å². The van der Waals surface area contributed by atoms with Crippen LogP contribution in [0.1, 0.15) is 12.0 Å². The lowest BCUT2D eigenvalue weighted by atomic mass is 10.1. The van der Waals surface area contributed by atoms with E-state index in [2.05, 4.69) is 4.98 Å². The van der Waals surface area contributed by atoms with Gasteiger partial charge in [-0.3, -0.25) is 4.98 Å². The molecule has 2 aromatic carbocycles. The van der Waals surface area contributed by atoms with Crippen molar-refractivity contribution < 1.29 is 29.6 Å². The van der Waals surface area contributed by atoms with Crippen molar-refractivity contribution in [1.29, 1.82) is 0 Å². The fraction of sp³-hybridized carbons (Fsp3) is 0.174. The molecular weight excluding hydrogens is 457 g/mol. The van der Waals surface area contributed by atoms with Crippen LogP contribution >= 0.6 is 23.2 Å². The van der Waals surface area contributed by atoms with Crippen molar-refractivity contribution in [2.24, 2.45) is 0 Å². The number of hydrogen-bond acceptors (Lipinski definition) is 5. The number of aliphatic hydroxyl groups is 1. The summed E-state index contributed by atoms with van der Waals surface area (Å²) in [6.07, 6.45) is 4.43. The van der Waals surface area contributed by atoms with Crippen molar-refractivity contribution >= 4 is 35.1 Å². The molecule has 1 heterocycles. The topological polar surface area (TPSA) is 117 Å². The lowest BCUT2D eigenvalue weighted by Gasteiger charge is -2.13. The zero-order valence-corrected chi connectivity index (χ0v) is 18.3. The number of aliphatic carboxylic acids is 2. The van der Waals surface area contributed by atoms with Gasteiger partial charge in [0.25, 0.3) is 0 Å². The first-order valence-corrected chi connectivity index (χ1v) is 10.2. The standard InChI is InChI=1S/C21H19Cl2NO2.C2H2O4/c22-17-6-10-20(21(23)12-17)16-4-8-19(9-5-16)26-14-18(25)7-3-15-2-1-11-24-13-15;3-1(4)2(5)6/h1-2,4-6,8-13,18,25H,3,7,14H2;(H,3,4)(H,5,6). The summed E-state index contributed by atoms with van der Waals surface area (Å²) in [5.41, 5.74) is 3.01. The largest absolute Gasteiger partial charge is 0.491 e. The van der Waals surface area contributed by atoms with Crippen LogP contribution in [0.25, 0.3) is 11.1 Å². The van der Waals surface area contributed by atoms with Gasteiger partial charge in [-0.1, -0.05) is 47.5 Å². The highest BCUT2D eigenvalue weighted by atomic mass is 35.5. The maximum Gasteiger partial charge on any atom is 0.414 e. The smallest absolute Gasteiger partial charge is 0.414 e. The van der Waals surface area contributed by atoms with E-state index in [9.17, 15) is 5.11 Å². The molecule has 0 spiro atoms. The Balaban J connectivity index is 0.000000534. The quantitative estimate of drug-likeness (QED) is 0.426. The highest BCUT2D eigenvalue weighted by molar-refractivity contribution is 6.36. The van der Waals surface area contributed by atoms with Crippen LogP contribution in [0.4, 0.5) is 0 Å². The summed E-state index contributed by atoms with van der Waals surface area (Å²) >= 11 is 12.2. The molecule has 0 aliphatic heterocycles. The molecule has 0 saturated carbocycles. The number of nitrogens with zero attached hydrogens (tertiary/aromatic N) is 1. The molecule has 3 aromatic rings. The SMILES string of the molecule is O=C(O)C(=O)O.OC(CCc1cccnc1)COc1ccc(-c2ccc(Cl)cc2Cl)cc1. The minimum atomic E-state index is -1.82. The lowest BCUT2D eigenvalue weighted by molar-refractivity contribution is -0.159. The maximum absolute atomic E-state index is 10.1. The minimum Gasteiger partial charge on any atom is -0.491 e. The number of ether oxygens (including phenoxy) is 1. The average Bonchev–Trinajstić information content (AvgIpc) is 2.78. The predicted octanol–water partition coefficient (Wildman–Crippen LogP) is 4.58. The molecule has 3 N–H and O–H groups in total. The normalized spacial score (nSPS) is 11.1. The van der Waals surface area contributed by atoms with Gasteiger partial charge in [-0.15, -0.1) is 0 Å². The number of carboxylic acid groups (broad SMARTS) is 2. The van der Waals surface area contributed by atoms with E-state index >= 15 is 0 Å². The van der Waals surface area contributed by atoms with Crippen molar-refractivity contribution in [2.45, 2.75) is 18.9 Å². The summed E-state index contributed by atoms with van der Waals surface area (Å²) < 4.78 is 5.68. The number of benzene rings is 2. The predicted molar refractivity (Wildman–Crippen MR) is 121 cm³/mol. The number of carboxylic acids is 2. The first-order valence-electron chi connectivity index (χ1n) is 9.47. The van der Waals surface area contributed by atoms with Crippen LogP contribution in [-0.2, 0) is 16.0 Å². The Morgan fingerprint density at radius 2 is 1.69 bits per heavy atom. The molecule has 0 fully saturated rings. The Labute approximate surface area is 194 Å². The highest BCUT2D eigenvalue weighted by Crippen LogP contribution is 2.31. The molecule has 3 rings (SSSR count). The minimum absolute atomic E-state index is 0.251. The molecule has 7 nitrogen and oxygen atoms in total. The molecule has 9 heteroatoms. The molecule has 1 unspecified atom stereocenters. The number of aromatic nitrogens is 1. The van der Waals surface area contributed by atoms with Gasteiger partial charge in [-0.05, 0) is 54.3 Å². The first-order chi connectivity index (χ1) is 15.3. The van der Waals surface area contributed by atoms with E-state index in [-0.39, 0.29) is 6.61 Å². The Bertz CT molecular complexity index is 1020. The second kappa shape index (κ2) is 12.7. The Kier molecular flexibility index (Phi) is 9.94.